The summed E-state index contributed by atoms with van der Waals surface area (Å²) in [5.74, 6) is 0.317. The standard InChI is InChI=1S/C24H24N4O4S/c1-4-28(5-2)33(30,31)21-11-8-18(9-12-21)23(29)27-22-13-10-20(15-17(22)3)32-24-19(16-25)7-6-14-26-24/h6-15H,4-5H2,1-3H3,(H,27,29). The lowest BCUT2D eigenvalue weighted by Crippen LogP contribution is -2.30. The fourth-order valence-electron chi connectivity index (χ4n) is 3.19. The van der Waals surface area contributed by atoms with Crippen molar-refractivity contribution in [1.82, 2.24) is 9.29 Å². The van der Waals surface area contributed by atoms with Gasteiger partial charge in [-0.05, 0) is 67.1 Å². The minimum absolute atomic E-state index is 0.145. The van der Waals surface area contributed by atoms with Crippen LogP contribution in [0.25, 0.3) is 0 Å². The third-order valence-corrected chi connectivity index (χ3v) is 7.08. The number of nitrogens with one attached hydrogen (secondary N) is 1. The number of carbonyl (C=O) groups excluding carboxylic acids is 1. The van der Waals surface area contributed by atoms with Gasteiger partial charge in [-0.2, -0.15) is 9.57 Å². The number of anilines is 1. The summed E-state index contributed by atoms with van der Waals surface area (Å²) in [6.45, 7) is 6.11. The van der Waals surface area contributed by atoms with E-state index in [1.54, 1.807) is 44.2 Å². The van der Waals surface area contributed by atoms with E-state index >= 15 is 0 Å². The van der Waals surface area contributed by atoms with Gasteiger partial charge in [0.15, 0.2) is 0 Å². The Kier molecular flexibility index (Phi) is 7.43. The molecule has 0 saturated carbocycles. The molecule has 0 aliphatic heterocycles. The number of carbonyl (C=O) groups is 1. The van der Waals surface area contributed by atoms with E-state index in [-0.39, 0.29) is 16.7 Å². The van der Waals surface area contributed by atoms with Gasteiger partial charge in [0.2, 0.25) is 15.9 Å². The van der Waals surface area contributed by atoms with E-state index in [1.165, 1.54) is 34.8 Å². The molecule has 1 heterocycles. The maximum absolute atomic E-state index is 12.7. The van der Waals surface area contributed by atoms with Crippen LogP contribution in [0.3, 0.4) is 0 Å². The number of rotatable bonds is 8. The van der Waals surface area contributed by atoms with Gasteiger partial charge in [0.25, 0.3) is 5.91 Å². The number of nitrogens with zero attached hydrogens (tertiary/aromatic N) is 3. The highest BCUT2D eigenvalue weighted by Crippen LogP contribution is 2.27. The van der Waals surface area contributed by atoms with E-state index < -0.39 is 10.0 Å². The third-order valence-electron chi connectivity index (χ3n) is 5.01. The highest BCUT2D eigenvalue weighted by molar-refractivity contribution is 7.89. The van der Waals surface area contributed by atoms with Gasteiger partial charge in [-0.3, -0.25) is 4.79 Å². The van der Waals surface area contributed by atoms with Gasteiger partial charge in [0.05, 0.1) is 4.90 Å². The molecular formula is C24H24N4O4S. The molecule has 2 aromatic carbocycles. The Labute approximate surface area is 193 Å². The van der Waals surface area contributed by atoms with Crippen LogP contribution in [0.4, 0.5) is 5.69 Å². The maximum atomic E-state index is 12.7. The summed E-state index contributed by atoms with van der Waals surface area (Å²) in [4.78, 5) is 16.9. The molecule has 0 aliphatic rings. The van der Waals surface area contributed by atoms with Gasteiger partial charge in [-0.15, -0.1) is 0 Å². The lowest BCUT2D eigenvalue weighted by molar-refractivity contribution is 0.102. The van der Waals surface area contributed by atoms with Crippen LogP contribution < -0.4 is 10.1 Å². The summed E-state index contributed by atoms with van der Waals surface area (Å²) in [6.07, 6.45) is 1.54. The first kappa shape index (κ1) is 23.9. The quantitative estimate of drug-likeness (QED) is 0.531. The first-order chi connectivity index (χ1) is 15.8. The molecule has 9 heteroatoms. The SMILES string of the molecule is CCN(CC)S(=O)(=O)c1ccc(C(=O)Nc2ccc(Oc3ncccc3C#N)cc2C)cc1. The summed E-state index contributed by atoms with van der Waals surface area (Å²) in [5.41, 5.74) is 1.98. The number of hydrogen-bond donors (Lipinski definition) is 1. The zero-order valence-electron chi connectivity index (χ0n) is 18.6. The molecule has 0 saturated heterocycles. The predicted octanol–water partition coefficient (Wildman–Crippen LogP) is 4.34. The molecule has 0 unspecified atom stereocenters. The first-order valence-corrected chi connectivity index (χ1v) is 11.8. The van der Waals surface area contributed by atoms with Gasteiger partial charge in [-0.1, -0.05) is 13.8 Å². The number of hydrogen-bond acceptors (Lipinski definition) is 6. The highest BCUT2D eigenvalue weighted by atomic mass is 32.2. The Balaban J connectivity index is 1.73. The van der Waals surface area contributed by atoms with Crippen molar-refractivity contribution in [3.05, 3.63) is 77.5 Å². The smallest absolute Gasteiger partial charge is 0.255 e. The number of pyridine rings is 1. The molecule has 0 spiro atoms. The Bertz CT molecular complexity index is 1290. The average molecular weight is 465 g/mol. The van der Waals surface area contributed by atoms with Crippen LogP contribution in [-0.2, 0) is 10.0 Å². The van der Waals surface area contributed by atoms with Crippen molar-refractivity contribution in [2.24, 2.45) is 0 Å². The molecule has 8 nitrogen and oxygen atoms in total. The van der Waals surface area contributed by atoms with Crippen LogP contribution in [-0.4, -0.2) is 36.7 Å². The number of aryl methyl sites for hydroxylation is 1. The van der Waals surface area contributed by atoms with E-state index in [2.05, 4.69) is 10.3 Å². The molecule has 0 fully saturated rings. The second-order valence-electron chi connectivity index (χ2n) is 7.11. The van der Waals surface area contributed by atoms with Gasteiger partial charge >= 0.3 is 0 Å². The summed E-state index contributed by atoms with van der Waals surface area (Å²) in [6, 6.07) is 16.2. The van der Waals surface area contributed by atoms with E-state index in [1.807, 2.05) is 13.0 Å². The molecule has 0 aliphatic carbocycles. The Morgan fingerprint density at radius 1 is 1.12 bits per heavy atom. The molecule has 3 aromatic rings. The molecule has 0 radical (unpaired) electrons. The number of amides is 1. The van der Waals surface area contributed by atoms with E-state index in [0.717, 1.165) is 5.56 Å². The van der Waals surface area contributed by atoms with Crippen LogP contribution in [0.15, 0.2) is 65.7 Å². The molecule has 1 aromatic heterocycles. The van der Waals surface area contributed by atoms with Crippen molar-refractivity contribution in [3.63, 3.8) is 0 Å². The minimum Gasteiger partial charge on any atom is -0.438 e. The van der Waals surface area contributed by atoms with Gasteiger partial charge in [0.1, 0.15) is 17.4 Å². The van der Waals surface area contributed by atoms with Gasteiger partial charge in [-0.25, -0.2) is 13.4 Å². The van der Waals surface area contributed by atoms with E-state index in [0.29, 0.717) is 35.7 Å². The summed E-state index contributed by atoms with van der Waals surface area (Å²) >= 11 is 0. The van der Waals surface area contributed by atoms with Crippen molar-refractivity contribution in [2.45, 2.75) is 25.7 Å². The summed E-state index contributed by atoms with van der Waals surface area (Å²) < 4.78 is 32.3. The van der Waals surface area contributed by atoms with Crippen LogP contribution in [0.5, 0.6) is 11.6 Å². The van der Waals surface area contributed by atoms with Gasteiger partial charge < -0.3 is 10.1 Å². The fourth-order valence-corrected chi connectivity index (χ4v) is 4.65. The molecule has 1 amide bonds. The van der Waals surface area contributed by atoms with E-state index in [9.17, 15) is 13.2 Å². The monoisotopic (exact) mass is 464 g/mol. The van der Waals surface area contributed by atoms with E-state index in [4.69, 9.17) is 10.00 Å². The molecule has 33 heavy (non-hydrogen) atoms. The first-order valence-electron chi connectivity index (χ1n) is 10.3. The van der Waals surface area contributed by atoms with Crippen LogP contribution >= 0.6 is 0 Å². The van der Waals surface area contributed by atoms with Crippen molar-refractivity contribution in [3.8, 4) is 17.7 Å². The van der Waals surface area contributed by atoms with Crippen molar-refractivity contribution >= 4 is 21.6 Å². The van der Waals surface area contributed by atoms with Crippen molar-refractivity contribution in [2.75, 3.05) is 18.4 Å². The molecule has 0 bridgehead atoms. The van der Waals surface area contributed by atoms with Crippen LogP contribution in [0.1, 0.15) is 35.3 Å². The molecule has 170 valence electrons. The number of nitriles is 1. The second kappa shape index (κ2) is 10.3. The topological polar surface area (TPSA) is 112 Å². The molecule has 3 rings (SSSR count). The lowest BCUT2D eigenvalue weighted by atomic mass is 10.1. The van der Waals surface area contributed by atoms with Crippen LogP contribution in [0.2, 0.25) is 0 Å². The normalized spacial score (nSPS) is 11.1. The lowest BCUT2D eigenvalue weighted by Gasteiger charge is -2.18. The summed E-state index contributed by atoms with van der Waals surface area (Å²) in [5, 5.41) is 12.0. The molecule has 0 atom stereocenters. The van der Waals surface area contributed by atoms with Gasteiger partial charge in [0, 0.05) is 30.5 Å². The zero-order valence-corrected chi connectivity index (χ0v) is 19.4. The predicted molar refractivity (Wildman–Crippen MR) is 125 cm³/mol. The highest BCUT2D eigenvalue weighted by Gasteiger charge is 2.21. The third kappa shape index (κ3) is 5.37. The zero-order chi connectivity index (χ0) is 24.0. The minimum atomic E-state index is -3.58. The molecular weight excluding hydrogens is 440 g/mol. The van der Waals surface area contributed by atoms with Crippen LogP contribution in [0, 0.1) is 18.3 Å². The molecule has 1 N–H and O–H groups in total. The summed E-state index contributed by atoms with van der Waals surface area (Å²) in [7, 11) is -3.58. The fraction of sp³-hybridized carbons (Fsp3) is 0.208. The number of ether oxygens (including phenoxy) is 1. The van der Waals surface area contributed by atoms with Crippen molar-refractivity contribution < 1.29 is 17.9 Å². The Morgan fingerprint density at radius 3 is 2.42 bits per heavy atom. The maximum Gasteiger partial charge on any atom is 0.255 e. The Morgan fingerprint density at radius 2 is 1.82 bits per heavy atom. The number of sulfonamides is 1. The second-order valence-corrected chi connectivity index (χ2v) is 9.05. The number of benzene rings is 2. The largest absolute Gasteiger partial charge is 0.438 e. The van der Waals surface area contributed by atoms with Crippen molar-refractivity contribution in [1.29, 1.82) is 5.26 Å². The Hall–Kier alpha value is -3.74. The average Bonchev–Trinajstić information content (AvgIpc) is 2.82. The number of aromatic nitrogens is 1.